The number of benzene rings is 2. The number of hydrogen-bond acceptors (Lipinski definition) is 5. The van der Waals surface area contributed by atoms with E-state index in [-0.39, 0.29) is 6.10 Å². The second-order valence-corrected chi connectivity index (χ2v) is 21.6. The lowest BCUT2D eigenvalue weighted by molar-refractivity contribution is -0.131. The van der Waals surface area contributed by atoms with Gasteiger partial charge in [-0.05, 0) is 176 Å². The topological polar surface area (TPSA) is 58.7 Å². The highest BCUT2D eigenvalue weighted by molar-refractivity contribution is 6.34. The van der Waals surface area contributed by atoms with E-state index in [1.54, 1.807) is 0 Å². The van der Waals surface area contributed by atoms with Gasteiger partial charge in [0.05, 0.1) is 40.3 Å². The molecule has 5 heterocycles. The maximum atomic E-state index is 7.41. The lowest BCUT2D eigenvalue weighted by Crippen LogP contribution is -2.54. The van der Waals surface area contributed by atoms with Crippen LogP contribution < -0.4 is 0 Å². The van der Waals surface area contributed by atoms with Gasteiger partial charge in [-0.1, -0.05) is 115 Å². The van der Waals surface area contributed by atoms with Crippen molar-refractivity contribution in [3.05, 3.63) is 155 Å². The minimum absolute atomic E-state index is 0.108. The predicted molar refractivity (Wildman–Crippen MR) is 266 cm³/mol. The molecule has 5 heteroatoms. The van der Waals surface area contributed by atoms with E-state index < -0.39 is 0 Å². The molecular formula is C59H66N4O. The van der Waals surface area contributed by atoms with Crippen LogP contribution in [0.25, 0.3) is 11.1 Å². The molecular weight excluding hydrogens is 781 g/mol. The Morgan fingerprint density at radius 2 is 1.23 bits per heavy atom. The SMILES string of the molecule is CC(C)CCCC(C)C1CCC2C3CCC4CC(OC5=C6C=CC(=N6)C(c6ccccc6)=C6C=CC(=N6)C=C6C=CC(=N6)C(c6ccccc6)=C6C=CC5=N6)CCC4(C)C3CCC12C. The number of aliphatic imine (C=N–C) groups is 4. The molecule has 0 aromatic heterocycles. The van der Waals surface area contributed by atoms with Gasteiger partial charge in [0, 0.05) is 11.1 Å². The number of rotatable bonds is 9. The van der Waals surface area contributed by atoms with Crippen molar-refractivity contribution in [1.82, 2.24) is 0 Å². The third-order valence-electron chi connectivity index (χ3n) is 17.6. The molecule has 5 aliphatic heterocycles. The fourth-order valence-corrected chi connectivity index (χ4v) is 14.4. The first-order chi connectivity index (χ1) is 31.1. The van der Waals surface area contributed by atoms with Gasteiger partial charge in [-0.25, -0.2) is 20.0 Å². The monoisotopic (exact) mass is 847 g/mol. The number of nitrogens with zero attached hydrogens (tertiary/aromatic N) is 4. The largest absolute Gasteiger partial charge is 0.486 e. The fraction of sp³-hybridized carbons (Fsp3) is 0.458. The predicted octanol–water partition coefficient (Wildman–Crippen LogP) is 14.5. The van der Waals surface area contributed by atoms with Crippen LogP contribution in [0.15, 0.2) is 164 Å². The van der Waals surface area contributed by atoms with Crippen LogP contribution in [0, 0.1) is 52.3 Å². The summed E-state index contributed by atoms with van der Waals surface area (Å²) >= 11 is 0. The van der Waals surface area contributed by atoms with E-state index in [9.17, 15) is 0 Å². The highest BCUT2D eigenvalue weighted by Crippen LogP contribution is 2.68. The van der Waals surface area contributed by atoms with Gasteiger partial charge in [0.25, 0.3) is 0 Å². The lowest BCUT2D eigenvalue weighted by atomic mass is 9.44. The zero-order chi connectivity index (χ0) is 43.6. The van der Waals surface area contributed by atoms with Gasteiger partial charge in [-0.2, -0.15) is 0 Å². The Morgan fingerprint density at radius 1 is 0.594 bits per heavy atom. The molecule has 0 N–H and O–H groups in total. The van der Waals surface area contributed by atoms with Crippen LogP contribution in [-0.2, 0) is 4.74 Å². The molecule has 11 rings (SSSR count). The van der Waals surface area contributed by atoms with Crippen molar-refractivity contribution in [3.63, 3.8) is 0 Å². The van der Waals surface area contributed by atoms with Crippen molar-refractivity contribution in [2.45, 2.75) is 118 Å². The Labute approximate surface area is 382 Å². The average Bonchev–Trinajstić information content (AvgIpc) is 4.16. The van der Waals surface area contributed by atoms with Crippen molar-refractivity contribution >= 4 is 34.0 Å². The fourth-order valence-electron chi connectivity index (χ4n) is 14.4. The Hall–Kier alpha value is -5.16. The molecule has 0 radical (unpaired) electrons. The van der Waals surface area contributed by atoms with Crippen LogP contribution in [0.4, 0.5) is 0 Å². The normalized spacial score (nSPS) is 32.9. The smallest absolute Gasteiger partial charge is 0.170 e. The summed E-state index contributed by atoms with van der Waals surface area (Å²) in [7, 11) is 0. The standard InChI is InChI=1S/C59H66N4O/c1-37(2)13-12-14-38(3)46-23-24-47-45-22-19-41-35-44(31-33-58(41,4)48(45)32-34-59(46,47)5)64-57-53-29-27-51(62-53)55(39-15-8-6-9-16-39)49-25-20-42(60-49)36-43-21-26-50(61-43)56(40-17-10-7-11-18-40)52-28-30-54(57)63-52/h6-11,15-18,20-21,25-30,36-38,41,44-48H,12-14,19,22-24,31-35H2,1-5H3. The zero-order valence-corrected chi connectivity index (χ0v) is 38.8. The molecule has 2 aromatic carbocycles. The Morgan fingerprint density at radius 3 is 2.00 bits per heavy atom. The van der Waals surface area contributed by atoms with Crippen LogP contribution >= 0.6 is 0 Å². The molecule has 0 amide bonds. The molecule has 4 aliphatic carbocycles. The highest BCUT2D eigenvalue weighted by atomic mass is 16.5. The molecule has 8 bridgehead atoms. The van der Waals surface area contributed by atoms with Crippen molar-refractivity contribution < 1.29 is 4.74 Å². The summed E-state index contributed by atoms with van der Waals surface area (Å²) in [6.45, 7) is 12.8. The second kappa shape index (κ2) is 16.7. The number of fused-ring (bicyclic) bond motifs is 9. The maximum Gasteiger partial charge on any atom is 0.170 e. The average molecular weight is 847 g/mol. The van der Waals surface area contributed by atoms with Gasteiger partial charge in [0.2, 0.25) is 0 Å². The number of hydrogen-bond donors (Lipinski definition) is 0. The van der Waals surface area contributed by atoms with Crippen molar-refractivity contribution in [2.75, 3.05) is 0 Å². The van der Waals surface area contributed by atoms with Crippen molar-refractivity contribution in [2.24, 2.45) is 72.2 Å². The Kier molecular flexibility index (Phi) is 10.8. The molecule has 0 spiro atoms. The van der Waals surface area contributed by atoms with E-state index in [0.717, 1.165) is 122 Å². The first-order valence-electron chi connectivity index (χ1n) is 24.9. The molecule has 2 aromatic rings. The van der Waals surface area contributed by atoms with Gasteiger partial charge >= 0.3 is 0 Å². The van der Waals surface area contributed by atoms with Crippen molar-refractivity contribution in [3.8, 4) is 0 Å². The number of allylic oxidation sites excluding steroid dienone is 11. The summed E-state index contributed by atoms with van der Waals surface area (Å²) in [5.74, 6) is 6.64. The van der Waals surface area contributed by atoms with Gasteiger partial charge < -0.3 is 4.74 Å². The van der Waals surface area contributed by atoms with E-state index in [1.807, 2.05) is 0 Å². The summed E-state index contributed by atoms with van der Waals surface area (Å²) in [4.78, 5) is 21.2. The second-order valence-electron chi connectivity index (χ2n) is 21.6. The Balaban J connectivity index is 0.916. The van der Waals surface area contributed by atoms with E-state index in [4.69, 9.17) is 24.7 Å². The minimum atomic E-state index is 0.108. The van der Waals surface area contributed by atoms with Crippen LogP contribution in [-0.4, -0.2) is 29.0 Å². The lowest BCUT2D eigenvalue weighted by Gasteiger charge is -2.61. The van der Waals surface area contributed by atoms with E-state index >= 15 is 0 Å². The molecule has 9 unspecified atom stereocenters. The van der Waals surface area contributed by atoms with E-state index in [1.165, 1.54) is 64.2 Å². The van der Waals surface area contributed by atoms with E-state index in [2.05, 4.69) is 150 Å². The van der Waals surface area contributed by atoms with Gasteiger partial charge in [-0.3, -0.25) is 0 Å². The quantitative estimate of drug-likeness (QED) is 0.248. The van der Waals surface area contributed by atoms with Gasteiger partial charge in [-0.15, -0.1) is 0 Å². The molecule has 0 saturated heterocycles. The summed E-state index contributed by atoms with van der Waals surface area (Å²) in [6, 6.07) is 21.1. The molecule has 9 aliphatic rings. The molecule has 4 saturated carbocycles. The summed E-state index contributed by atoms with van der Waals surface area (Å²) in [5, 5.41) is 0. The highest BCUT2D eigenvalue weighted by Gasteiger charge is 2.60. The summed E-state index contributed by atoms with van der Waals surface area (Å²) in [5.41, 5.74) is 12.0. The third-order valence-corrected chi connectivity index (χ3v) is 17.6. The zero-order valence-electron chi connectivity index (χ0n) is 38.8. The van der Waals surface area contributed by atoms with Crippen LogP contribution in [0.3, 0.4) is 0 Å². The minimum Gasteiger partial charge on any atom is -0.486 e. The summed E-state index contributed by atoms with van der Waals surface area (Å²) in [6.07, 6.45) is 35.2. The Bertz CT molecular complexity index is 2550. The summed E-state index contributed by atoms with van der Waals surface area (Å²) < 4.78 is 7.41. The maximum absolute atomic E-state index is 7.41. The molecule has 4 fully saturated rings. The van der Waals surface area contributed by atoms with Crippen LogP contribution in [0.1, 0.15) is 123 Å². The first kappa shape index (κ1) is 41.5. The molecule has 328 valence electrons. The third kappa shape index (κ3) is 7.39. The van der Waals surface area contributed by atoms with Gasteiger partial charge in [0.15, 0.2) is 5.76 Å². The molecule has 5 nitrogen and oxygen atoms in total. The first-order valence-corrected chi connectivity index (χ1v) is 24.9. The van der Waals surface area contributed by atoms with Crippen molar-refractivity contribution in [1.29, 1.82) is 0 Å². The number of ether oxygens (including phenoxy) is 1. The van der Waals surface area contributed by atoms with Crippen LogP contribution in [0.2, 0.25) is 0 Å². The molecule has 9 atom stereocenters. The van der Waals surface area contributed by atoms with Crippen LogP contribution in [0.5, 0.6) is 0 Å². The molecule has 64 heavy (non-hydrogen) atoms. The van der Waals surface area contributed by atoms with Gasteiger partial charge in [0.1, 0.15) is 11.4 Å². The van der Waals surface area contributed by atoms with E-state index in [0.29, 0.717) is 16.7 Å².